The summed E-state index contributed by atoms with van der Waals surface area (Å²) in [6.07, 6.45) is 0.0695. The van der Waals surface area contributed by atoms with Crippen molar-refractivity contribution in [3.05, 3.63) is 59.7 Å². The molecular formula is C23H30N2O4. The molecule has 6 heteroatoms. The quantitative estimate of drug-likeness (QED) is 0.704. The minimum Gasteiger partial charge on any atom is -0.497 e. The normalized spacial score (nSPS) is 15.5. The highest BCUT2D eigenvalue weighted by molar-refractivity contribution is 5.81. The SMILES string of the molecule is CC[C@H](Oc1ccc(OC)cc1)C(=O)NCc1ccc(CN2CCOCC2)cc1. The van der Waals surface area contributed by atoms with Crippen molar-refractivity contribution in [3.63, 3.8) is 0 Å². The molecule has 1 atom stereocenters. The molecule has 29 heavy (non-hydrogen) atoms. The van der Waals surface area contributed by atoms with Crippen LogP contribution in [-0.4, -0.2) is 50.3 Å². The number of morpholine rings is 1. The molecule has 6 nitrogen and oxygen atoms in total. The number of hydrogen-bond donors (Lipinski definition) is 1. The molecule has 1 saturated heterocycles. The molecule has 1 amide bonds. The molecule has 2 aromatic carbocycles. The number of hydrogen-bond acceptors (Lipinski definition) is 5. The first-order valence-corrected chi connectivity index (χ1v) is 10.1. The average Bonchev–Trinajstić information content (AvgIpc) is 2.78. The minimum atomic E-state index is -0.524. The van der Waals surface area contributed by atoms with Crippen LogP contribution >= 0.6 is 0 Å². The van der Waals surface area contributed by atoms with Gasteiger partial charge in [-0.3, -0.25) is 9.69 Å². The second kappa shape index (κ2) is 10.8. The fraction of sp³-hybridized carbons (Fsp3) is 0.435. The van der Waals surface area contributed by atoms with Gasteiger partial charge in [-0.15, -0.1) is 0 Å². The molecule has 156 valence electrons. The first-order valence-electron chi connectivity index (χ1n) is 10.1. The molecule has 0 saturated carbocycles. The molecule has 3 rings (SSSR count). The van der Waals surface area contributed by atoms with Crippen molar-refractivity contribution in [3.8, 4) is 11.5 Å². The van der Waals surface area contributed by atoms with Crippen molar-refractivity contribution in [2.75, 3.05) is 33.4 Å². The van der Waals surface area contributed by atoms with Crippen LogP contribution in [-0.2, 0) is 22.6 Å². The smallest absolute Gasteiger partial charge is 0.261 e. The summed E-state index contributed by atoms with van der Waals surface area (Å²) in [6, 6.07) is 15.6. The summed E-state index contributed by atoms with van der Waals surface area (Å²) in [6.45, 7) is 6.92. The predicted octanol–water partition coefficient (Wildman–Crippen LogP) is 3.00. The van der Waals surface area contributed by atoms with Crippen molar-refractivity contribution >= 4 is 5.91 Å². The van der Waals surface area contributed by atoms with Crippen LogP contribution in [0.1, 0.15) is 24.5 Å². The van der Waals surface area contributed by atoms with Gasteiger partial charge in [-0.1, -0.05) is 31.2 Å². The van der Waals surface area contributed by atoms with Crippen LogP contribution < -0.4 is 14.8 Å². The lowest BCUT2D eigenvalue weighted by molar-refractivity contribution is -0.128. The highest BCUT2D eigenvalue weighted by Gasteiger charge is 2.18. The number of amides is 1. The van der Waals surface area contributed by atoms with Gasteiger partial charge in [-0.2, -0.15) is 0 Å². The second-order valence-electron chi connectivity index (χ2n) is 7.11. The molecule has 0 spiro atoms. The molecule has 1 aliphatic rings. The number of carbonyl (C=O) groups is 1. The van der Waals surface area contributed by atoms with Gasteiger partial charge in [0.2, 0.25) is 0 Å². The third kappa shape index (κ3) is 6.48. The maximum Gasteiger partial charge on any atom is 0.261 e. The summed E-state index contributed by atoms with van der Waals surface area (Å²) in [7, 11) is 1.62. The molecule has 0 unspecified atom stereocenters. The van der Waals surface area contributed by atoms with Gasteiger partial charge in [-0.05, 0) is 41.8 Å². The van der Waals surface area contributed by atoms with Crippen LogP contribution in [0.4, 0.5) is 0 Å². The van der Waals surface area contributed by atoms with Crippen molar-refractivity contribution in [2.45, 2.75) is 32.5 Å². The number of ether oxygens (including phenoxy) is 3. The van der Waals surface area contributed by atoms with E-state index >= 15 is 0 Å². The second-order valence-corrected chi connectivity index (χ2v) is 7.11. The molecule has 0 radical (unpaired) electrons. The number of nitrogens with one attached hydrogen (secondary N) is 1. The van der Waals surface area contributed by atoms with E-state index in [-0.39, 0.29) is 5.91 Å². The Bertz CT molecular complexity index is 755. The molecule has 1 N–H and O–H groups in total. The summed E-state index contributed by atoms with van der Waals surface area (Å²) in [5.41, 5.74) is 2.35. The highest BCUT2D eigenvalue weighted by Crippen LogP contribution is 2.19. The zero-order valence-electron chi connectivity index (χ0n) is 17.2. The van der Waals surface area contributed by atoms with Crippen molar-refractivity contribution in [2.24, 2.45) is 0 Å². The molecule has 0 aromatic heterocycles. The summed E-state index contributed by atoms with van der Waals surface area (Å²) in [4.78, 5) is 14.9. The van der Waals surface area contributed by atoms with E-state index in [4.69, 9.17) is 14.2 Å². The van der Waals surface area contributed by atoms with Gasteiger partial charge in [-0.25, -0.2) is 0 Å². The summed E-state index contributed by atoms with van der Waals surface area (Å²) in [5, 5.41) is 2.98. The monoisotopic (exact) mass is 398 g/mol. The van der Waals surface area contributed by atoms with E-state index in [0.717, 1.165) is 44.2 Å². The lowest BCUT2D eigenvalue weighted by Gasteiger charge is -2.26. The van der Waals surface area contributed by atoms with Crippen LogP contribution in [0.2, 0.25) is 0 Å². The Morgan fingerprint density at radius 2 is 1.66 bits per heavy atom. The topological polar surface area (TPSA) is 60.0 Å². The van der Waals surface area contributed by atoms with Crippen LogP contribution in [0.3, 0.4) is 0 Å². The van der Waals surface area contributed by atoms with Gasteiger partial charge >= 0.3 is 0 Å². The number of nitrogens with zero attached hydrogens (tertiary/aromatic N) is 1. The summed E-state index contributed by atoms with van der Waals surface area (Å²) < 4.78 is 16.4. The van der Waals surface area contributed by atoms with E-state index in [9.17, 15) is 4.79 Å². The van der Waals surface area contributed by atoms with E-state index in [1.165, 1.54) is 5.56 Å². The fourth-order valence-corrected chi connectivity index (χ4v) is 3.22. The van der Waals surface area contributed by atoms with Gasteiger partial charge in [0.15, 0.2) is 6.10 Å². The van der Waals surface area contributed by atoms with Crippen molar-refractivity contribution in [1.29, 1.82) is 0 Å². The number of rotatable bonds is 9. The largest absolute Gasteiger partial charge is 0.497 e. The van der Waals surface area contributed by atoms with E-state index in [2.05, 4.69) is 34.5 Å². The summed E-state index contributed by atoms with van der Waals surface area (Å²) in [5.74, 6) is 1.30. The molecular weight excluding hydrogens is 368 g/mol. The third-order valence-electron chi connectivity index (χ3n) is 5.00. The zero-order chi connectivity index (χ0) is 20.5. The Morgan fingerprint density at radius 1 is 1.03 bits per heavy atom. The van der Waals surface area contributed by atoms with Gasteiger partial charge in [0, 0.05) is 26.2 Å². The lowest BCUT2D eigenvalue weighted by Crippen LogP contribution is -2.37. The van der Waals surface area contributed by atoms with Crippen LogP contribution in [0.25, 0.3) is 0 Å². The van der Waals surface area contributed by atoms with Crippen LogP contribution in [0.5, 0.6) is 11.5 Å². The summed E-state index contributed by atoms with van der Waals surface area (Å²) >= 11 is 0. The molecule has 0 aliphatic carbocycles. The van der Waals surface area contributed by atoms with Gasteiger partial charge in [0.1, 0.15) is 11.5 Å². The molecule has 0 bridgehead atoms. The Labute approximate surface area is 172 Å². The third-order valence-corrected chi connectivity index (χ3v) is 5.00. The standard InChI is InChI=1S/C23H30N2O4/c1-3-22(29-21-10-8-20(27-2)9-11-21)23(26)24-16-18-4-6-19(7-5-18)17-25-12-14-28-15-13-25/h4-11,22H,3,12-17H2,1-2H3,(H,24,26)/t22-/m0/s1. The maximum absolute atomic E-state index is 12.5. The first kappa shape index (κ1) is 21.1. The Balaban J connectivity index is 1.47. The van der Waals surface area contributed by atoms with Crippen molar-refractivity contribution < 1.29 is 19.0 Å². The van der Waals surface area contributed by atoms with Crippen LogP contribution in [0, 0.1) is 0 Å². The Hall–Kier alpha value is -2.57. The van der Waals surface area contributed by atoms with Gasteiger partial charge < -0.3 is 19.5 Å². The maximum atomic E-state index is 12.5. The molecule has 1 aliphatic heterocycles. The van der Waals surface area contributed by atoms with Crippen LogP contribution in [0.15, 0.2) is 48.5 Å². The lowest BCUT2D eigenvalue weighted by atomic mass is 10.1. The average molecular weight is 399 g/mol. The predicted molar refractivity (Wildman–Crippen MR) is 112 cm³/mol. The van der Waals surface area contributed by atoms with Crippen molar-refractivity contribution in [1.82, 2.24) is 10.2 Å². The minimum absolute atomic E-state index is 0.110. The highest BCUT2D eigenvalue weighted by atomic mass is 16.5. The molecule has 2 aromatic rings. The molecule has 1 heterocycles. The van der Waals surface area contributed by atoms with E-state index in [1.807, 2.05) is 31.2 Å². The number of methoxy groups -OCH3 is 1. The first-order chi connectivity index (χ1) is 14.2. The van der Waals surface area contributed by atoms with E-state index in [1.54, 1.807) is 7.11 Å². The van der Waals surface area contributed by atoms with Gasteiger partial charge in [0.25, 0.3) is 5.91 Å². The molecule has 1 fully saturated rings. The Kier molecular flexibility index (Phi) is 7.90. The fourth-order valence-electron chi connectivity index (χ4n) is 3.22. The number of carbonyl (C=O) groups excluding carboxylic acids is 1. The zero-order valence-corrected chi connectivity index (χ0v) is 17.2. The van der Waals surface area contributed by atoms with E-state index in [0.29, 0.717) is 18.7 Å². The van der Waals surface area contributed by atoms with E-state index < -0.39 is 6.10 Å². The number of benzene rings is 2. The van der Waals surface area contributed by atoms with Gasteiger partial charge in [0.05, 0.1) is 20.3 Å². The Morgan fingerprint density at radius 3 is 2.28 bits per heavy atom.